The summed E-state index contributed by atoms with van der Waals surface area (Å²) in [5, 5.41) is 3.23. The van der Waals surface area contributed by atoms with E-state index in [-0.39, 0.29) is 11.6 Å². The number of anilines is 1. The predicted molar refractivity (Wildman–Crippen MR) is 120 cm³/mol. The van der Waals surface area contributed by atoms with Crippen molar-refractivity contribution in [3.05, 3.63) is 87.3 Å². The third-order valence-electron chi connectivity index (χ3n) is 5.55. The number of urea groups is 1. The third kappa shape index (κ3) is 3.31. The second-order valence-electron chi connectivity index (χ2n) is 7.49. The smallest absolute Gasteiger partial charge is 0.318 e. The van der Waals surface area contributed by atoms with Gasteiger partial charge in [0.05, 0.1) is 5.69 Å². The van der Waals surface area contributed by atoms with Crippen LogP contribution >= 0.6 is 11.6 Å². The van der Waals surface area contributed by atoms with Gasteiger partial charge in [-0.05, 0) is 86.9 Å². The van der Waals surface area contributed by atoms with Crippen molar-refractivity contribution >= 4 is 35.3 Å². The van der Waals surface area contributed by atoms with E-state index in [4.69, 9.17) is 11.6 Å². The highest BCUT2D eigenvalue weighted by molar-refractivity contribution is 6.31. The number of carbonyl (C=O) groups excluding carboxylic acids is 2. The van der Waals surface area contributed by atoms with Gasteiger partial charge in [0.2, 0.25) is 0 Å². The normalized spacial score (nSPS) is 15.2. The van der Waals surface area contributed by atoms with E-state index in [0.717, 1.165) is 27.5 Å². The largest absolute Gasteiger partial charge is 0.333 e. The van der Waals surface area contributed by atoms with Crippen LogP contribution in [0.1, 0.15) is 28.1 Å². The van der Waals surface area contributed by atoms with Gasteiger partial charge in [0.1, 0.15) is 5.70 Å². The van der Waals surface area contributed by atoms with Gasteiger partial charge in [-0.15, -0.1) is 0 Å². The van der Waals surface area contributed by atoms with Crippen molar-refractivity contribution in [2.24, 2.45) is 0 Å². The summed E-state index contributed by atoms with van der Waals surface area (Å²) in [7, 11) is 0. The van der Waals surface area contributed by atoms with Gasteiger partial charge in [0.25, 0.3) is 5.91 Å². The topological polar surface area (TPSA) is 54.3 Å². The Bertz CT molecular complexity index is 1210. The number of halogens is 1. The highest BCUT2D eigenvalue weighted by atomic mass is 35.5. The Morgan fingerprint density at radius 1 is 0.967 bits per heavy atom. The standard InChI is InChI=1S/C24H22ClN3O2/c1-14-6-5-7-22(16(14)3)27-15(2)12-18(17(27)4)13-21-23(29)28(24(30)26-21)20-10-8-19(25)9-11-20/h5-13H,1-4H3,(H,26,30)/b21-13+. The molecule has 0 atom stereocenters. The summed E-state index contributed by atoms with van der Waals surface area (Å²) < 4.78 is 2.17. The summed E-state index contributed by atoms with van der Waals surface area (Å²) >= 11 is 5.92. The SMILES string of the molecule is Cc1cccc(-n2c(C)cc(/C=C3/NC(=O)N(c4ccc(Cl)cc4)C3=O)c2C)c1C. The molecular weight excluding hydrogens is 398 g/mol. The molecule has 2 aromatic carbocycles. The van der Waals surface area contributed by atoms with Crippen LogP contribution in [0.15, 0.2) is 54.2 Å². The summed E-state index contributed by atoms with van der Waals surface area (Å²) in [6.45, 7) is 8.24. The van der Waals surface area contributed by atoms with Crippen molar-refractivity contribution in [3.8, 4) is 5.69 Å². The fourth-order valence-corrected chi connectivity index (χ4v) is 3.92. The van der Waals surface area contributed by atoms with E-state index in [2.05, 4.69) is 35.9 Å². The number of nitrogens with zero attached hydrogens (tertiary/aromatic N) is 2. The number of nitrogens with one attached hydrogen (secondary N) is 1. The number of amides is 3. The van der Waals surface area contributed by atoms with Gasteiger partial charge in [0, 0.05) is 22.1 Å². The highest BCUT2D eigenvalue weighted by Gasteiger charge is 2.35. The molecule has 4 rings (SSSR count). The van der Waals surface area contributed by atoms with Gasteiger partial charge >= 0.3 is 6.03 Å². The van der Waals surface area contributed by atoms with E-state index in [0.29, 0.717) is 10.7 Å². The van der Waals surface area contributed by atoms with Crippen LogP contribution in [0, 0.1) is 27.7 Å². The van der Waals surface area contributed by atoms with E-state index in [1.54, 1.807) is 30.3 Å². The van der Waals surface area contributed by atoms with Crippen LogP contribution in [-0.4, -0.2) is 16.5 Å². The van der Waals surface area contributed by atoms with Gasteiger partial charge in [-0.3, -0.25) is 4.79 Å². The van der Waals surface area contributed by atoms with Crippen LogP contribution < -0.4 is 10.2 Å². The Kier molecular flexibility index (Phi) is 5.00. The molecule has 1 fully saturated rings. The Hall–Kier alpha value is -3.31. The maximum absolute atomic E-state index is 12.9. The number of imide groups is 1. The third-order valence-corrected chi connectivity index (χ3v) is 5.80. The van der Waals surface area contributed by atoms with Gasteiger partial charge in [0.15, 0.2) is 0 Å². The van der Waals surface area contributed by atoms with E-state index < -0.39 is 6.03 Å². The summed E-state index contributed by atoms with van der Waals surface area (Å²) in [6, 6.07) is 14.4. The molecule has 1 saturated heterocycles. The quantitative estimate of drug-likeness (QED) is 0.452. The molecule has 0 aliphatic carbocycles. The maximum atomic E-state index is 12.9. The van der Waals surface area contributed by atoms with Crippen molar-refractivity contribution in [2.45, 2.75) is 27.7 Å². The number of hydrogen-bond donors (Lipinski definition) is 1. The van der Waals surface area contributed by atoms with Crippen molar-refractivity contribution in [2.75, 3.05) is 4.90 Å². The first-order valence-corrected chi connectivity index (χ1v) is 10.0. The zero-order valence-corrected chi connectivity index (χ0v) is 18.0. The average molecular weight is 420 g/mol. The lowest BCUT2D eigenvalue weighted by atomic mass is 10.1. The number of aryl methyl sites for hydroxylation is 2. The predicted octanol–water partition coefficient (Wildman–Crippen LogP) is 5.46. The maximum Gasteiger partial charge on any atom is 0.333 e. The Labute approximate surface area is 180 Å². The number of rotatable bonds is 3. The minimum absolute atomic E-state index is 0.246. The van der Waals surface area contributed by atoms with Crippen molar-refractivity contribution < 1.29 is 9.59 Å². The molecule has 0 bridgehead atoms. The fourth-order valence-electron chi connectivity index (χ4n) is 3.80. The van der Waals surface area contributed by atoms with E-state index >= 15 is 0 Å². The summed E-state index contributed by atoms with van der Waals surface area (Å²) in [5.74, 6) is -0.390. The molecule has 5 nitrogen and oxygen atoms in total. The zero-order chi connectivity index (χ0) is 21.6. The number of benzene rings is 2. The summed E-state index contributed by atoms with van der Waals surface area (Å²) in [4.78, 5) is 26.5. The zero-order valence-electron chi connectivity index (χ0n) is 17.3. The molecule has 1 aromatic heterocycles. The molecule has 2 heterocycles. The molecule has 0 radical (unpaired) electrons. The molecule has 0 saturated carbocycles. The van der Waals surface area contributed by atoms with Crippen LogP contribution in [0.5, 0.6) is 0 Å². The molecule has 1 aliphatic rings. The lowest BCUT2D eigenvalue weighted by Crippen LogP contribution is -2.30. The average Bonchev–Trinajstić information content (AvgIpc) is 3.14. The molecule has 30 heavy (non-hydrogen) atoms. The van der Waals surface area contributed by atoms with E-state index in [1.807, 2.05) is 26.0 Å². The Balaban J connectivity index is 1.72. The number of aromatic nitrogens is 1. The van der Waals surface area contributed by atoms with Crippen molar-refractivity contribution in [3.63, 3.8) is 0 Å². The molecular formula is C24H22ClN3O2. The monoisotopic (exact) mass is 419 g/mol. The van der Waals surface area contributed by atoms with Gasteiger partial charge in [-0.1, -0.05) is 23.7 Å². The molecule has 6 heteroatoms. The first-order chi connectivity index (χ1) is 14.3. The van der Waals surface area contributed by atoms with Crippen molar-refractivity contribution in [1.29, 1.82) is 0 Å². The lowest BCUT2D eigenvalue weighted by molar-refractivity contribution is -0.113. The molecule has 1 aliphatic heterocycles. The minimum Gasteiger partial charge on any atom is -0.318 e. The lowest BCUT2D eigenvalue weighted by Gasteiger charge is -2.14. The highest BCUT2D eigenvalue weighted by Crippen LogP contribution is 2.28. The second kappa shape index (κ2) is 7.50. The first kappa shape index (κ1) is 20.0. The molecule has 152 valence electrons. The van der Waals surface area contributed by atoms with Gasteiger partial charge in [-0.2, -0.15) is 0 Å². The molecule has 3 amide bonds. The Morgan fingerprint density at radius 3 is 2.37 bits per heavy atom. The number of hydrogen-bond acceptors (Lipinski definition) is 2. The molecule has 0 unspecified atom stereocenters. The molecule has 0 spiro atoms. The van der Waals surface area contributed by atoms with Crippen LogP contribution in [-0.2, 0) is 4.79 Å². The van der Waals surface area contributed by atoms with Gasteiger partial charge < -0.3 is 9.88 Å². The van der Waals surface area contributed by atoms with E-state index in [1.165, 1.54) is 11.1 Å². The summed E-state index contributed by atoms with van der Waals surface area (Å²) in [6.07, 6.45) is 1.74. The van der Waals surface area contributed by atoms with Crippen LogP contribution in [0.2, 0.25) is 5.02 Å². The Morgan fingerprint density at radius 2 is 1.67 bits per heavy atom. The van der Waals surface area contributed by atoms with E-state index in [9.17, 15) is 9.59 Å². The van der Waals surface area contributed by atoms with Gasteiger partial charge in [-0.25, -0.2) is 9.69 Å². The van der Waals surface area contributed by atoms with Crippen LogP contribution in [0.3, 0.4) is 0 Å². The number of carbonyl (C=O) groups is 2. The first-order valence-electron chi connectivity index (χ1n) is 9.66. The van der Waals surface area contributed by atoms with Crippen LogP contribution in [0.4, 0.5) is 10.5 Å². The molecule has 3 aromatic rings. The fraction of sp³-hybridized carbons (Fsp3) is 0.167. The summed E-state index contributed by atoms with van der Waals surface area (Å²) in [5.41, 5.74) is 7.20. The second-order valence-corrected chi connectivity index (χ2v) is 7.92. The minimum atomic E-state index is -0.475. The van der Waals surface area contributed by atoms with Crippen LogP contribution in [0.25, 0.3) is 11.8 Å². The molecule has 1 N–H and O–H groups in total. The van der Waals surface area contributed by atoms with Crippen molar-refractivity contribution in [1.82, 2.24) is 9.88 Å².